The molecule has 0 bridgehead atoms. The van der Waals surface area contributed by atoms with E-state index in [2.05, 4.69) is 23.0 Å². The Labute approximate surface area is 147 Å². The lowest BCUT2D eigenvalue weighted by Gasteiger charge is -2.31. The fourth-order valence-corrected chi connectivity index (χ4v) is 4.95. The molecule has 1 fully saturated rings. The van der Waals surface area contributed by atoms with E-state index in [0.29, 0.717) is 19.0 Å². The molecule has 1 unspecified atom stereocenters. The highest BCUT2D eigenvalue weighted by atomic mass is 32.2. The van der Waals surface area contributed by atoms with Gasteiger partial charge in [0.15, 0.2) is 0 Å². The molecule has 0 aromatic carbocycles. The van der Waals surface area contributed by atoms with E-state index in [-0.39, 0.29) is 0 Å². The monoisotopic (exact) mass is 365 g/mol. The molecule has 0 amide bonds. The van der Waals surface area contributed by atoms with Gasteiger partial charge in [-0.1, -0.05) is 0 Å². The SMILES string of the molecule is Cc1nc(-c2cc(CC3CCCN(S(C)(=O)=O)C3)ccn2)sc1C. The molecule has 7 heteroatoms. The molecule has 3 heterocycles. The van der Waals surface area contributed by atoms with Gasteiger partial charge in [0.05, 0.1) is 17.6 Å². The molecule has 0 radical (unpaired) electrons. The summed E-state index contributed by atoms with van der Waals surface area (Å²) in [5.41, 5.74) is 3.16. The Morgan fingerprint density at radius 3 is 2.83 bits per heavy atom. The topological polar surface area (TPSA) is 63.2 Å². The minimum absolute atomic E-state index is 0.364. The zero-order chi connectivity index (χ0) is 17.3. The average molecular weight is 366 g/mol. The maximum absolute atomic E-state index is 11.8. The van der Waals surface area contributed by atoms with Crippen molar-refractivity contribution in [3.63, 3.8) is 0 Å². The number of aromatic nitrogens is 2. The second-order valence-electron chi connectivity index (χ2n) is 6.54. The second-order valence-corrected chi connectivity index (χ2v) is 9.73. The van der Waals surface area contributed by atoms with Crippen LogP contribution < -0.4 is 0 Å². The van der Waals surface area contributed by atoms with Gasteiger partial charge in [-0.2, -0.15) is 0 Å². The summed E-state index contributed by atoms with van der Waals surface area (Å²) in [5.74, 6) is 0.364. The summed E-state index contributed by atoms with van der Waals surface area (Å²) in [7, 11) is -3.09. The van der Waals surface area contributed by atoms with Crippen LogP contribution in [0.4, 0.5) is 0 Å². The van der Waals surface area contributed by atoms with Gasteiger partial charge in [0, 0.05) is 24.2 Å². The van der Waals surface area contributed by atoms with Gasteiger partial charge in [-0.15, -0.1) is 11.3 Å². The fraction of sp³-hybridized carbons (Fsp3) is 0.529. The minimum atomic E-state index is -3.09. The van der Waals surface area contributed by atoms with E-state index in [4.69, 9.17) is 0 Å². The highest BCUT2D eigenvalue weighted by molar-refractivity contribution is 7.88. The predicted molar refractivity (Wildman–Crippen MR) is 97.7 cm³/mol. The molecule has 0 aliphatic carbocycles. The van der Waals surface area contributed by atoms with Gasteiger partial charge in [0.25, 0.3) is 0 Å². The fourth-order valence-electron chi connectivity index (χ4n) is 3.13. The molecule has 0 spiro atoms. The van der Waals surface area contributed by atoms with E-state index in [1.165, 1.54) is 16.7 Å². The van der Waals surface area contributed by atoms with E-state index >= 15 is 0 Å². The molecule has 3 rings (SSSR count). The normalized spacial score (nSPS) is 19.5. The summed E-state index contributed by atoms with van der Waals surface area (Å²) in [6, 6.07) is 4.12. The van der Waals surface area contributed by atoms with E-state index < -0.39 is 10.0 Å². The number of aryl methyl sites for hydroxylation is 2. The van der Waals surface area contributed by atoms with Crippen LogP contribution in [0, 0.1) is 19.8 Å². The van der Waals surface area contributed by atoms with Crippen LogP contribution in [0.2, 0.25) is 0 Å². The van der Waals surface area contributed by atoms with Crippen molar-refractivity contribution in [2.45, 2.75) is 33.1 Å². The number of hydrogen-bond acceptors (Lipinski definition) is 5. The number of rotatable bonds is 4. The number of pyridine rings is 1. The summed E-state index contributed by atoms with van der Waals surface area (Å²) in [6.45, 7) is 5.35. The molecule has 24 heavy (non-hydrogen) atoms. The lowest BCUT2D eigenvalue weighted by atomic mass is 9.92. The summed E-state index contributed by atoms with van der Waals surface area (Å²) in [6.07, 6.45) is 6.01. The first-order chi connectivity index (χ1) is 11.3. The number of hydrogen-bond donors (Lipinski definition) is 0. The van der Waals surface area contributed by atoms with Crippen molar-refractivity contribution in [2.75, 3.05) is 19.3 Å². The first-order valence-corrected chi connectivity index (χ1v) is 10.8. The largest absolute Gasteiger partial charge is 0.254 e. The summed E-state index contributed by atoms with van der Waals surface area (Å²) in [4.78, 5) is 10.3. The maximum atomic E-state index is 11.8. The van der Waals surface area contributed by atoms with Crippen LogP contribution in [0.1, 0.15) is 29.0 Å². The lowest BCUT2D eigenvalue weighted by Crippen LogP contribution is -2.39. The Morgan fingerprint density at radius 1 is 1.38 bits per heavy atom. The zero-order valence-electron chi connectivity index (χ0n) is 14.3. The molecule has 1 aliphatic rings. The molecule has 1 atom stereocenters. The molecule has 5 nitrogen and oxygen atoms in total. The van der Waals surface area contributed by atoms with Crippen molar-refractivity contribution in [1.29, 1.82) is 0 Å². The molecule has 1 aliphatic heterocycles. The van der Waals surface area contributed by atoms with Crippen LogP contribution in [0.25, 0.3) is 10.7 Å². The van der Waals surface area contributed by atoms with Gasteiger partial charge in [0.2, 0.25) is 10.0 Å². The Kier molecular flexibility index (Phi) is 5.03. The van der Waals surface area contributed by atoms with Crippen LogP contribution in [-0.2, 0) is 16.4 Å². The number of piperidine rings is 1. The third-order valence-electron chi connectivity index (χ3n) is 4.55. The number of thiazole rings is 1. The van der Waals surface area contributed by atoms with Crippen molar-refractivity contribution in [1.82, 2.24) is 14.3 Å². The standard InChI is InChI=1S/C17H23N3O2S2/c1-12-13(2)23-17(19-12)16-10-14(6-7-18-16)9-15-5-4-8-20(11-15)24(3,21)22/h6-7,10,15H,4-5,8-9,11H2,1-3H3. The minimum Gasteiger partial charge on any atom is -0.254 e. The third-order valence-corrected chi connectivity index (χ3v) is 6.91. The summed E-state index contributed by atoms with van der Waals surface area (Å²) < 4.78 is 25.1. The highest BCUT2D eigenvalue weighted by Crippen LogP contribution is 2.28. The smallest absolute Gasteiger partial charge is 0.211 e. The Hall–Kier alpha value is -1.31. The van der Waals surface area contributed by atoms with Gasteiger partial charge in [-0.3, -0.25) is 4.98 Å². The predicted octanol–water partition coefficient (Wildman–Crippen LogP) is 3.04. The first kappa shape index (κ1) is 17.5. The molecule has 1 saturated heterocycles. The molecular formula is C17H23N3O2S2. The molecular weight excluding hydrogens is 342 g/mol. The molecule has 0 N–H and O–H groups in total. The van der Waals surface area contributed by atoms with Gasteiger partial charge >= 0.3 is 0 Å². The number of nitrogens with zero attached hydrogens (tertiary/aromatic N) is 3. The van der Waals surface area contributed by atoms with E-state index in [1.54, 1.807) is 15.6 Å². The molecule has 0 saturated carbocycles. The second kappa shape index (κ2) is 6.90. The summed E-state index contributed by atoms with van der Waals surface area (Å²) in [5, 5.41) is 0.952. The first-order valence-electron chi connectivity index (χ1n) is 8.17. The molecule has 2 aromatic rings. The van der Waals surface area contributed by atoms with Gasteiger partial charge < -0.3 is 0 Å². The zero-order valence-corrected chi connectivity index (χ0v) is 16.0. The van der Waals surface area contributed by atoms with Crippen molar-refractivity contribution < 1.29 is 8.42 Å². The number of sulfonamides is 1. The molecule has 2 aromatic heterocycles. The van der Waals surface area contributed by atoms with Crippen molar-refractivity contribution >= 4 is 21.4 Å². The van der Waals surface area contributed by atoms with Gasteiger partial charge in [0.1, 0.15) is 5.01 Å². The van der Waals surface area contributed by atoms with Crippen LogP contribution in [0.5, 0.6) is 0 Å². The Bertz CT molecular complexity index is 811. The quantitative estimate of drug-likeness (QED) is 0.835. The maximum Gasteiger partial charge on any atom is 0.211 e. The van der Waals surface area contributed by atoms with Crippen LogP contribution in [0.15, 0.2) is 18.3 Å². The van der Waals surface area contributed by atoms with E-state index in [9.17, 15) is 8.42 Å². The highest BCUT2D eigenvalue weighted by Gasteiger charge is 2.26. The van der Waals surface area contributed by atoms with Gasteiger partial charge in [-0.05, 0) is 56.7 Å². The van der Waals surface area contributed by atoms with Crippen LogP contribution in [-0.4, -0.2) is 42.0 Å². The Balaban J connectivity index is 1.75. The summed E-state index contributed by atoms with van der Waals surface area (Å²) >= 11 is 1.66. The van der Waals surface area contributed by atoms with E-state index in [1.807, 2.05) is 19.2 Å². The average Bonchev–Trinajstić information content (AvgIpc) is 2.87. The van der Waals surface area contributed by atoms with Gasteiger partial charge in [-0.25, -0.2) is 17.7 Å². The molecule has 130 valence electrons. The van der Waals surface area contributed by atoms with Crippen molar-refractivity contribution in [2.24, 2.45) is 5.92 Å². The lowest BCUT2D eigenvalue weighted by molar-refractivity contribution is 0.267. The van der Waals surface area contributed by atoms with Crippen molar-refractivity contribution in [3.8, 4) is 10.7 Å². The van der Waals surface area contributed by atoms with E-state index in [0.717, 1.165) is 35.7 Å². The van der Waals surface area contributed by atoms with Crippen LogP contribution in [0.3, 0.4) is 0 Å². The Morgan fingerprint density at radius 2 is 2.17 bits per heavy atom. The van der Waals surface area contributed by atoms with Crippen LogP contribution >= 0.6 is 11.3 Å². The van der Waals surface area contributed by atoms with Crippen molar-refractivity contribution in [3.05, 3.63) is 34.5 Å². The third kappa shape index (κ3) is 4.02.